The second kappa shape index (κ2) is 15.8. The van der Waals surface area contributed by atoms with Crippen LogP contribution in [0.15, 0.2) is 30.3 Å². The first kappa shape index (κ1) is 30.9. The minimum atomic E-state index is -1.42. The van der Waals surface area contributed by atoms with Crippen LogP contribution in [-0.2, 0) is 25.5 Å². The van der Waals surface area contributed by atoms with E-state index in [0.717, 1.165) is 57.2 Å². The second-order valence-electron chi connectivity index (χ2n) is 10.5. The van der Waals surface area contributed by atoms with Gasteiger partial charge in [-0.3, -0.25) is 15.0 Å². The number of nitrogens with one attached hydrogen (secondary N) is 5. The number of methoxy groups -OCH3 is 1. The van der Waals surface area contributed by atoms with Crippen LogP contribution < -0.4 is 27.0 Å². The van der Waals surface area contributed by atoms with Crippen LogP contribution in [0.25, 0.3) is 0 Å². The number of likely N-dealkylation sites (tertiary alicyclic amines) is 1. The third-order valence-electron chi connectivity index (χ3n) is 7.46. The van der Waals surface area contributed by atoms with Gasteiger partial charge in [-0.15, -0.1) is 0 Å². The van der Waals surface area contributed by atoms with Gasteiger partial charge in [-0.25, -0.2) is 9.59 Å². The van der Waals surface area contributed by atoms with E-state index in [1.165, 1.54) is 7.11 Å². The molecule has 0 radical (unpaired) electrons. The molecular weight excluding hydrogens is 514 g/mol. The molecule has 2 aliphatic heterocycles. The minimum absolute atomic E-state index is 0.164. The van der Waals surface area contributed by atoms with Crippen molar-refractivity contribution in [2.75, 3.05) is 39.8 Å². The molecule has 220 valence electrons. The van der Waals surface area contributed by atoms with Gasteiger partial charge in [-0.2, -0.15) is 0 Å². The normalized spacial score (nSPS) is 19.7. The van der Waals surface area contributed by atoms with Crippen LogP contribution in [0.2, 0.25) is 0 Å². The number of piperidine rings is 1. The lowest BCUT2D eigenvalue weighted by Crippen LogP contribution is -2.61. The van der Waals surface area contributed by atoms with Crippen molar-refractivity contribution in [3.63, 3.8) is 0 Å². The van der Waals surface area contributed by atoms with Crippen molar-refractivity contribution in [2.24, 2.45) is 17.6 Å². The van der Waals surface area contributed by atoms with E-state index in [2.05, 4.69) is 21.3 Å². The molecule has 2 aliphatic rings. The number of rotatable bonds is 11. The zero-order valence-corrected chi connectivity index (χ0v) is 23.2. The van der Waals surface area contributed by atoms with Crippen LogP contribution in [0, 0.1) is 17.2 Å². The van der Waals surface area contributed by atoms with E-state index < -0.39 is 47.7 Å². The molecule has 1 aromatic carbocycles. The van der Waals surface area contributed by atoms with Crippen molar-refractivity contribution in [1.29, 1.82) is 5.41 Å². The van der Waals surface area contributed by atoms with Crippen molar-refractivity contribution in [3.05, 3.63) is 35.9 Å². The van der Waals surface area contributed by atoms with Gasteiger partial charge in [-0.1, -0.05) is 43.2 Å². The predicted octanol–water partition coefficient (Wildman–Crippen LogP) is 0.509. The highest BCUT2D eigenvalue weighted by Crippen LogP contribution is 2.16. The summed E-state index contributed by atoms with van der Waals surface area (Å²) in [4.78, 5) is 54.4. The van der Waals surface area contributed by atoms with E-state index in [9.17, 15) is 19.2 Å². The van der Waals surface area contributed by atoms with Crippen molar-refractivity contribution < 1.29 is 23.9 Å². The van der Waals surface area contributed by atoms with Crippen molar-refractivity contribution in [3.8, 4) is 0 Å². The van der Waals surface area contributed by atoms with E-state index in [4.69, 9.17) is 15.9 Å². The fourth-order valence-corrected chi connectivity index (χ4v) is 5.23. The summed E-state index contributed by atoms with van der Waals surface area (Å²) in [5, 5.41) is 19.5. The molecule has 12 heteroatoms. The Hall–Kier alpha value is -3.67. The zero-order valence-electron chi connectivity index (χ0n) is 23.2. The highest BCUT2D eigenvalue weighted by molar-refractivity contribution is 6.07. The Morgan fingerprint density at radius 2 is 1.77 bits per heavy atom. The minimum Gasteiger partial charge on any atom is -0.467 e. The van der Waals surface area contributed by atoms with Crippen molar-refractivity contribution in [2.45, 2.75) is 57.0 Å². The van der Waals surface area contributed by atoms with Crippen LogP contribution in [0.3, 0.4) is 0 Å². The van der Waals surface area contributed by atoms with E-state index in [1.807, 2.05) is 30.3 Å². The molecule has 3 rings (SSSR count). The molecule has 1 aromatic rings. The molecule has 4 atom stereocenters. The largest absolute Gasteiger partial charge is 0.467 e. The molecule has 0 aliphatic carbocycles. The Bertz CT molecular complexity index is 1010. The summed E-state index contributed by atoms with van der Waals surface area (Å²) in [6.45, 7) is 3.03. The van der Waals surface area contributed by atoms with Gasteiger partial charge in [0.2, 0.25) is 11.8 Å². The number of nitrogens with two attached hydrogens (primary N) is 1. The Morgan fingerprint density at radius 3 is 2.38 bits per heavy atom. The maximum atomic E-state index is 13.8. The van der Waals surface area contributed by atoms with E-state index in [-0.39, 0.29) is 12.3 Å². The lowest BCUT2D eigenvalue weighted by molar-refractivity contribution is -0.142. The number of carbonyl (C=O) groups excluding carboxylic acids is 4. The van der Waals surface area contributed by atoms with Gasteiger partial charge in [-0.05, 0) is 50.3 Å². The number of carbonyl (C=O) groups is 4. The topological polar surface area (TPSA) is 179 Å². The number of urea groups is 1. The number of esters is 1. The number of benzene rings is 1. The third-order valence-corrected chi connectivity index (χ3v) is 7.46. The maximum absolute atomic E-state index is 13.8. The molecule has 12 nitrogen and oxygen atoms in total. The van der Waals surface area contributed by atoms with E-state index >= 15 is 0 Å². The first-order valence-corrected chi connectivity index (χ1v) is 14.1. The highest BCUT2D eigenvalue weighted by Gasteiger charge is 2.40. The fourth-order valence-electron chi connectivity index (χ4n) is 5.23. The van der Waals surface area contributed by atoms with Gasteiger partial charge in [0.25, 0.3) is 0 Å². The number of nitrogens with zero attached hydrogens (tertiary/aromatic N) is 1. The predicted molar refractivity (Wildman–Crippen MR) is 150 cm³/mol. The molecule has 1 unspecified atom stereocenters. The Labute approximate surface area is 235 Å². The zero-order chi connectivity index (χ0) is 28.9. The van der Waals surface area contributed by atoms with Crippen LogP contribution in [0.4, 0.5) is 4.79 Å². The lowest BCUT2D eigenvalue weighted by atomic mass is 9.94. The summed E-state index contributed by atoms with van der Waals surface area (Å²) < 4.78 is 4.88. The monoisotopic (exact) mass is 557 g/mol. The van der Waals surface area contributed by atoms with Crippen LogP contribution in [0.5, 0.6) is 0 Å². The van der Waals surface area contributed by atoms with Crippen LogP contribution >= 0.6 is 0 Å². The van der Waals surface area contributed by atoms with Gasteiger partial charge in [0.05, 0.1) is 7.11 Å². The summed E-state index contributed by atoms with van der Waals surface area (Å²) in [5.41, 5.74) is 6.69. The molecule has 7 N–H and O–H groups in total. The Morgan fingerprint density at radius 1 is 1.07 bits per heavy atom. The second-order valence-corrected chi connectivity index (χ2v) is 10.5. The number of hydrogen-bond acceptors (Lipinski definition) is 7. The molecule has 2 fully saturated rings. The average Bonchev–Trinajstić information content (AvgIpc) is 3.25. The number of hydrogen-bond donors (Lipinski definition) is 6. The van der Waals surface area contributed by atoms with Crippen molar-refractivity contribution >= 4 is 29.7 Å². The number of ether oxygens (including phenoxy) is 1. The van der Waals surface area contributed by atoms with Gasteiger partial charge < -0.3 is 36.6 Å². The number of amidine groups is 1. The lowest BCUT2D eigenvalue weighted by Gasteiger charge is -2.32. The molecule has 0 saturated carbocycles. The summed E-state index contributed by atoms with van der Waals surface area (Å²) in [6, 6.07) is 5.82. The quantitative estimate of drug-likeness (QED) is 0.130. The van der Waals surface area contributed by atoms with Gasteiger partial charge in [0, 0.05) is 26.1 Å². The molecule has 40 heavy (non-hydrogen) atoms. The molecule has 0 bridgehead atoms. The highest BCUT2D eigenvalue weighted by atomic mass is 16.5. The van der Waals surface area contributed by atoms with E-state index in [0.29, 0.717) is 19.6 Å². The van der Waals surface area contributed by atoms with Crippen LogP contribution in [0.1, 0.15) is 44.1 Å². The summed E-state index contributed by atoms with van der Waals surface area (Å²) >= 11 is 0. The maximum Gasteiger partial charge on any atom is 0.328 e. The first-order chi connectivity index (χ1) is 19.3. The Kier molecular flexibility index (Phi) is 12.2. The van der Waals surface area contributed by atoms with Gasteiger partial charge in [0.15, 0.2) is 0 Å². The molecular formula is C28H43N7O5. The number of amides is 4. The van der Waals surface area contributed by atoms with E-state index in [1.54, 1.807) is 4.90 Å². The summed E-state index contributed by atoms with van der Waals surface area (Å²) in [5.74, 6) is -3.45. The molecule has 2 saturated heterocycles. The molecule has 2 heterocycles. The summed E-state index contributed by atoms with van der Waals surface area (Å²) in [6.07, 6.45) is 5.68. The van der Waals surface area contributed by atoms with Crippen molar-refractivity contribution in [1.82, 2.24) is 26.2 Å². The van der Waals surface area contributed by atoms with Gasteiger partial charge >= 0.3 is 12.0 Å². The standard InChI is InChI=1S/C28H43N7O5/c1-40-27(38)21(16-19-10-5-4-6-11-19)33-28(39)34-23(26(37)35-14-7-2-3-8-15-35)22(24(29)30)25(36)32-18-20-12-9-13-31-17-20/h4-6,10-11,20-23,31H,2-3,7-9,12-18H2,1H3,(H3,29,30)(H,32,36)(H2,33,34,39)/t20?,21-,22+,23+/m1/s1. The average molecular weight is 558 g/mol. The smallest absolute Gasteiger partial charge is 0.328 e. The van der Waals surface area contributed by atoms with Gasteiger partial charge in [0.1, 0.15) is 23.8 Å². The SMILES string of the molecule is COC(=O)[C@@H](Cc1ccccc1)NC(=O)N[C@H](C(=O)N1CCCCCC1)[C@@H](C(=N)N)C(=O)NCC1CCCNC1. The molecule has 4 amide bonds. The summed E-state index contributed by atoms with van der Waals surface area (Å²) in [7, 11) is 1.23. The fraction of sp³-hybridized carbons (Fsp3) is 0.607. The molecule has 0 spiro atoms. The molecule has 0 aromatic heterocycles. The third kappa shape index (κ3) is 9.22. The van der Waals surface area contributed by atoms with Crippen LogP contribution in [-0.4, -0.2) is 86.5 Å². The Balaban J connectivity index is 1.79. The first-order valence-electron chi connectivity index (χ1n) is 14.1.